The van der Waals surface area contributed by atoms with Gasteiger partial charge in [0.15, 0.2) is 0 Å². The number of nitrogens with one attached hydrogen (secondary N) is 2. The molecule has 3 rings (SSSR count). The molecule has 1 aliphatic heterocycles. The van der Waals surface area contributed by atoms with E-state index in [1.54, 1.807) is 37.5 Å². The van der Waals surface area contributed by atoms with Gasteiger partial charge in [-0.05, 0) is 37.5 Å². The van der Waals surface area contributed by atoms with Gasteiger partial charge < -0.3 is 25.0 Å². The van der Waals surface area contributed by atoms with Crippen molar-refractivity contribution < 1.29 is 19.4 Å². The van der Waals surface area contributed by atoms with E-state index < -0.39 is 6.10 Å². The molecule has 1 fully saturated rings. The molecular weight excluding hydrogens is 348 g/mol. The van der Waals surface area contributed by atoms with Crippen molar-refractivity contribution in [1.29, 1.82) is 0 Å². The van der Waals surface area contributed by atoms with Gasteiger partial charge in [0.1, 0.15) is 11.9 Å². The van der Waals surface area contributed by atoms with Crippen LogP contribution < -0.4 is 5.32 Å². The van der Waals surface area contributed by atoms with Crippen LogP contribution in [0.25, 0.3) is 0 Å². The quantitative estimate of drug-likeness (QED) is 0.682. The van der Waals surface area contributed by atoms with Gasteiger partial charge in [0.25, 0.3) is 11.8 Å². The van der Waals surface area contributed by atoms with Crippen molar-refractivity contribution in [3.05, 3.63) is 47.5 Å². The second kappa shape index (κ2) is 8.79. The Balaban J connectivity index is 1.77. The molecule has 0 saturated carbocycles. The number of hydrogen-bond donors (Lipinski definition) is 3. The molecule has 2 heterocycles. The molecule has 1 aromatic heterocycles. The van der Waals surface area contributed by atoms with E-state index in [1.807, 2.05) is 0 Å². The number of aromatic amines is 1. The van der Waals surface area contributed by atoms with Crippen LogP contribution in [0.3, 0.4) is 0 Å². The summed E-state index contributed by atoms with van der Waals surface area (Å²) >= 11 is 0. The lowest BCUT2D eigenvalue weighted by molar-refractivity contribution is -0.124. The molecule has 0 radical (unpaired) electrons. The minimum atomic E-state index is -0.436. The third-order valence-electron chi connectivity index (χ3n) is 4.60. The van der Waals surface area contributed by atoms with Gasteiger partial charge in [-0.1, -0.05) is 6.07 Å². The minimum absolute atomic E-state index is 0.152. The molecule has 0 bridgehead atoms. The summed E-state index contributed by atoms with van der Waals surface area (Å²) in [4.78, 5) is 33.9. The van der Waals surface area contributed by atoms with E-state index in [2.05, 4.69) is 15.3 Å². The lowest BCUT2D eigenvalue weighted by Crippen LogP contribution is -2.34. The van der Waals surface area contributed by atoms with Gasteiger partial charge in [0, 0.05) is 36.8 Å². The Morgan fingerprint density at radius 3 is 2.96 bits per heavy atom. The number of benzene rings is 1. The number of carbonyl (C=O) groups excluding carboxylic acids is 2. The average molecular weight is 372 g/mol. The molecule has 1 aromatic carbocycles. The van der Waals surface area contributed by atoms with E-state index >= 15 is 0 Å². The topological polar surface area (TPSA) is 108 Å². The van der Waals surface area contributed by atoms with Crippen molar-refractivity contribution in [1.82, 2.24) is 14.9 Å². The predicted molar refractivity (Wildman–Crippen MR) is 99.2 cm³/mol. The molecule has 2 amide bonds. The van der Waals surface area contributed by atoms with E-state index in [0.29, 0.717) is 35.7 Å². The molecule has 8 nitrogen and oxygen atoms in total. The highest BCUT2D eigenvalue weighted by molar-refractivity contribution is 6.00. The first-order valence-corrected chi connectivity index (χ1v) is 9.00. The Kier molecular flexibility index (Phi) is 6.20. The van der Waals surface area contributed by atoms with Crippen LogP contribution in [0.15, 0.2) is 30.6 Å². The van der Waals surface area contributed by atoms with Crippen LogP contribution in [0.1, 0.15) is 34.6 Å². The van der Waals surface area contributed by atoms with Crippen LogP contribution in [0.5, 0.6) is 0 Å². The number of imidazole rings is 1. The Bertz CT molecular complexity index is 785. The van der Waals surface area contributed by atoms with Crippen molar-refractivity contribution in [2.24, 2.45) is 0 Å². The number of aliphatic hydroxyl groups excluding tert-OH is 1. The third-order valence-corrected chi connectivity index (χ3v) is 4.60. The molecular formula is C19H24N4O4. The number of H-pyrrole nitrogens is 1. The maximum Gasteiger partial charge on any atom is 0.254 e. The molecule has 1 saturated heterocycles. The Labute approximate surface area is 157 Å². The normalized spacial score (nSPS) is 16.3. The van der Waals surface area contributed by atoms with Gasteiger partial charge in [-0.2, -0.15) is 0 Å². The zero-order chi connectivity index (χ0) is 19.2. The Morgan fingerprint density at radius 2 is 2.30 bits per heavy atom. The van der Waals surface area contributed by atoms with Gasteiger partial charge >= 0.3 is 0 Å². The second-order valence-electron chi connectivity index (χ2n) is 6.46. The number of nitrogens with zero attached hydrogens (tertiary/aromatic N) is 2. The first-order chi connectivity index (χ1) is 13.1. The van der Waals surface area contributed by atoms with E-state index in [9.17, 15) is 14.7 Å². The van der Waals surface area contributed by atoms with Crippen LogP contribution >= 0.6 is 0 Å². The smallest absolute Gasteiger partial charge is 0.254 e. The SMILES string of the molecule is Cc1c(NC(=O)C2CCCO2)cccc1C(=O)N(CCO)Cc1ncc[nH]1. The van der Waals surface area contributed by atoms with Crippen LogP contribution in [0, 0.1) is 6.92 Å². The molecule has 144 valence electrons. The first kappa shape index (κ1) is 19.1. The molecule has 2 aromatic rings. The van der Waals surface area contributed by atoms with Crippen molar-refractivity contribution in [2.45, 2.75) is 32.4 Å². The molecule has 1 unspecified atom stereocenters. The summed E-state index contributed by atoms with van der Waals surface area (Å²) < 4.78 is 5.41. The summed E-state index contributed by atoms with van der Waals surface area (Å²) in [6.07, 6.45) is 4.44. The van der Waals surface area contributed by atoms with Gasteiger partial charge in [-0.25, -0.2) is 4.98 Å². The lowest BCUT2D eigenvalue weighted by atomic mass is 10.0. The predicted octanol–water partition coefficient (Wildman–Crippen LogP) is 1.47. The highest BCUT2D eigenvalue weighted by atomic mass is 16.5. The largest absolute Gasteiger partial charge is 0.395 e. The molecule has 27 heavy (non-hydrogen) atoms. The highest BCUT2D eigenvalue weighted by Crippen LogP contribution is 2.22. The summed E-state index contributed by atoms with van der Waals surface area (Å²) in [5, 5.41) is 12.2. The lowest BCUT2D eigenvalue weighted by Gasteiger charge is -2.22. The van der Waals surface area contributed by atoms with Crippen LogP contribution in [0.2, 0.25) is 0 Å². The summed E-state index contributed by atoms with van der Waals surface area (Å²) in [7, 11) is 0. The average Bonchev–Trinajstić information content (AvgIpc) is 3.36. The van der Waals surface area contributed by atoms with E-state index in [4.69, 9.17) is 4.74 Å². The number of carbonyl (C=O) groups is 2. The van der Waals surface area contributed by atoms with Crippen LogP contribution in [-0.2, 0) is 16.1 Å². The fourth-order valence-electron chi connectivity index (χ4n) is 3.11. The molecule has 0 spiro atoms. The number of aliphatic hydroxyl groups is 1. The molecule has 1 atom stereocenters. The maximum absolute atomic E-state index is 13.0. The molecule has 0 aliphatic carbocycles. The standard InChI is InChI=1S/C19H24N4O4/c1-13-14(19(26)23(9-10-24)12-17-20-7-8-21-17)4-2-5-15(13)22-18(25)16-6-3-11-27-16/h2,4-5,7-8,16,24H,3,6,9-12H2,1H3,(H,20,21)(H,22,25). The number of rotatable bonds is 7. The summed E-state index contributed by atoms with van der Waals surface area (Å²) in [5.41, 5.74) is 1.74. The van der Waals surface area contributed by atoms with E-state index in [-0.39, 0.29) is 31.5 Å². The zero-order valence-electron chi connectivity index (χ0n) is 15.3. The molecule has 1 aliphatic rings. The highest BCUT2D eigenvalue weighted by Gasteiger charge is 2.25. The number of hydrogen-bond acceptors (Lipinski definition) is 5. The first-order valence-electron chi connectivity index (χ1n) is 9.00. The van der Waals surface area contributed by atoms with Gasteiger partial charge in [-0.3, -0.25) is 9.59 Å². The summed E-state index contributed by atoms with van der Waals surface area (Å²) in [6, 6.07) is 5.21. The summed E-state index contributed by atoms with van der Waals surface area (Å²) in [6.45, 7) is 2.69. The molecule has 3 N–H and O–H groups in total. The number of aromatic nitrogens is 2. The third kappa shape index (κ3) is 4.53. The summed E-state index contributed by atoms with van der Waals surface area (Å²) in [5.74, 6) is 0.214. The van der Waals surface area contributed by atoms with Crippen molar-refractivity contribution in [2.75, 3.05) is 25.1 Å². The Morgan fingerprint density at radius 1 is 1.44 bits per heavy atom. The van der Waals surface area contributed by atoms with E-state index in [0.717, 1.165) is 6.42 Å². The zero-order valence-corrected chi connectivity index (χ0v) is 15.3. The molecule has 8 heteroatoms. The van der Waals surface area contributed by atoms with Crippen LogP contribution in [0.4, 0.5) is 5.69 Å². The number of ether oxygens (including phenoxy) is 1. The van der Waals surface area contributed by atoms with Crippen molar-refractivity contribution in [3.63, 3.8) is 0 Å². The monoisotopic (exact) mass is 372 g/mol. The Hall–Kier alpha value is -2.71. The second-order valence-corrected chi connectivity index (χ2v) is 6.46. The van der Waals surface area contributed by atoms with Gasteiger partial charge in [-0.15, -0.1) is 0 Å². The number of anilines is 1. The van der Waals surface area contributed by atoms with Gasteiger partial charge in [0.2, 0.25) is 0 Å². The fraction of sp³-hybridized carbons (Fsp3) is 0.421. The van der Waals surface area contributed by atoms with E-state index in [1.165, 1.54) is 4.90 Å². The number of amides is 2. The minimum Gasteiger partial charge on any atom is -0.395 e. The van der Waals surface area contributed by atoms with Crippen LogP contribution in [-0.4, -0.2) is 57.7 Å². The van der Waals surface area contributed by atoms with Gasteiger partial charge in [0.05, 0.1) is 13.2 Å². The van der Waals surface area contributed by atoms with Crippen molar-refractivity contribution in [3.8, 4) is 0 Å². The van der Waals surface area contributed by atoms with Crippen molar-refractivity contribution >= 4 is 17.5 Å². The fourth-order valence-corrected chi connectivity index (χ4v) is 3.11. The maximum atomic E-state index is 13.0.